The van der Waals surface area contributed by atoms with E-state index in [-0.39, 0.29) is 0 Å². The monoisotopic (exact) mass is 345 g/mol. The molecular formula is C27H21. The molecule has 0 aromatic heterocycles. The first-order chi connectivity index (χ1) is 13.4. The van der Waals surface area contributed by atoms with Gasteiger partial charge in [0.1, 0.15) is 0 Å². The third-order valence-corrected chi connectivity index (χ3v) is 5.47. The van der Waals surface area contributed by atoms with Crippen molar-refractivity contribution in [3.63, 3.8) is 0 Å². The van der Waals surface area contributed by atoms with Crippen molar-refractivity contribution in [1.29, 1.82) is 0 Å². The Morgan fingerprint density at radius 2 is 1.26 bits per heavy atom. The second-order valence-electron chi connectivity index (χ2n) is 7.32. The van der Waals surface area contributed by atoms with Crippen molar-refractivity contribution in [2.45, 2.75) is 19.3 Å². The van der Waals surface area contributed by atoms with Gasteiger partial charge in [-0.05, 0) is 69.8 Å². The van der Waals surface area contributed by atoms with Crippen LogP contribution in [-0.4, -0.2) is 0 Å². The second-order valence-corrected chi connectivity index (χ2v) is 7.32. The first-order valence-electron chi connectivity index (χ1n) is 9.60. The molecule has 0 bridgehead atoms. The van der Waals surface area contributed by atoms with E-state index in [1.807, 2.05) is 0 Å². The molecule has 0 unspecified atom stereocenters. The van der Waals surface area contributed by atoms with Crippen LogP contribution in [0.25, 0.3) is 11.1 Å². The molecule has 0 N–H and O–H groups in total. The molecule has 0 nitrogen and oxygen atoms in total. The molecule has 1 aliphatic rings. The Bertz CT molecular complexity index is 1080. The highest BCUT2D eigenvalue weighted by molar-refractivity contribution is 5.77. The zero-order valence-corrected chi connectivity index (χ0v) is 15.3. The first-order valence-corrected chi connectivity index (χ1v) is 9.60. The number of benzene rings is 4. The Labute approximate surface area is 161 Å². The molecule has 4 aromatic rings. The summed E-state index contributed by atoms with van der Waals surface area (Å²) in [7, 11) is 0. The molecule has 0 amide bonds. The summed E-state index contributed by atoms with van der Waals surface area (Å²) in [6.45, 7) is 0. The molecule has 5 rings (SSSR count). The average Bonchev–Trinajstić information content (AvgIpc) is 3.07. The van der Waals surface area contributed by atoms with E-state index in [0.29, 0.717) is 0 Å². The highest BCUT2D eigenvalue weighted by atomic mass is 14.2. The minimum absolute atomic E-state index is 0.937. The quantitative estimate of drug-likeness (QED) is 0.362. The lowest BCUT2D eigenvalue weighted by atomic mass is 9.91. The fraction of sp³-hybridized carbons (Fsp3) is 0.111. The maximum atomic E-state index is 3.81. The average molecular weight is 345 g/mol. The summed E-state index contributed by atoms with van der Waals surface area (Å²) in [4.78, 5) is 0. The third-order valence-electron chi connectivity index (χ3n) is 5.47. The molecule has 129 valence electrons. The van der Waals surface area contributed by atoms with Gasteiger partial charge in [0.25, 0.3) is 0 Å². The highest BCUT2D eigenvalue weighted by Crippen LogP contribution is 2.38. The Morgan fingerprint density at radius 3 is 2.00 bits per heavy atom. The van der Waals surface area contributed by atoms with Crippen molar-refractivity contribution < 1.29 is 0 Å². The van der Waals surface area contributed by atoms with Crippen LogP contribution in [0.2, 0.25) is 0 Å². The van der Waals surface area contributed by atoms with Gasteiger partial charge >= 0.3 is 0 Å². The van der Waals surface area contributed by atoms with Crippen molar-refractivity contribution in [2.24, 2.45) is 0 Å². The normalized spacial score (nSPS) is 11.9. The van der Waals surface area contributed by atoms with Gasteiger partial charge < -0.3 is 0 Å². The lowest BCUT2D eigenvalue weighted by Gasteiger charge is -2.13. The number of rotatable bonds is 4. The predicted octanol–water partition coefficient (Wildman–Crippen LogP) is 6.24. The van der Waals surface area contributed by atoms with Crippen molar-refractivity contribution in [1.82, 2.24) is 0 Å². The van der Waals surface area contributed by atoms with Crippen LogP contribution in [0.3, 0.4) is 0 Å². The molecular weight excluding hydrogens is 324 g/mol. The van der Waals surface area contributed by atoms with E-state index < -0.39 is 0 Å². The number of hydrogen-bond acceptors (Lipinski definition) is 0. The first kappa shape index (κ1) is 16.1. The summed E-state index contributed by atoms with van der Waals surface area (Å²) in [5, 5.41) is 0. The van der Waals surface area contributed by atoms with Crippen molar-refractivity contribution in [2.75, 3.05) is 0 Å². The smallest absolute Gasteiger partial charge is 0.000717 e. The van der Waals surface area contributed by atoms with Crippen LogP contribution < -0.4 is 0 Å². The van der Waals surface area contributed by atoms with E-state index in [1.54, 1.807) is 0 Å². The molecule has 1 radical (unpaired) electrons. The van der Waals surface area contributed by atoms with Crippen LogP contribution in [0.15, 0.2) is 91.0 Å². The van der Waals surface area contributed by atoms with Gasteiger partial charge in [-0.25, -0.2) is 0 Å². The summed E-state index contributed by atoms with van der Waals surface area (Å²) >= 11 is 0. The standard InChI is InChI=1S/C27H21/c1-3-9-20(10-4-1)15-23-18-25-17-22-13-7-8-14-26(22)27(25)19-24(23)16-21-11-5-2-6-12-21/h1-14,19H,15-17H2. The summed E-state index contributed by atoms with van der Waals surface area (Å²) in [6.07, 6.45) is 2.89. The molecule has 0 fully saturated rings. The molecule has 0 saturated carbocycles. The molecule has 4 aromatic carbocycles. The van der Waals surface area contributed by atoms with Gasteiger partial charge in [-0.15, -0.1) is 0 Å². The number of fused-ring (bicyclic) bond motifs is 3. The predicted molar refractivity (Wildman–Crippen MR) is 112 cm³/mol. The van der Waals surface area contributed by atoms with Gasteiger partial charge in [-0.1, -0.05) is 91.0 Å². The molecule has 0 spiro atoms. The Hall–Kier alpha value is -3.12. The van der Waals surface area contributed by atoms with Crippen LogP contribution in [0.1, 0.15) is 33.4 Å². The Kier molecular flexibility index (Phi) is 4.10. The van der Waals surface area contributed by atoms with Gasteiger partial charge in [0.05, 0.1) is 0 Å². The van der Waals surface area contributed by atoms with Crippen LogP contribution in [0.4, 0.5) is 0 Å². The van der Waals surface area contributed by atoms with Crippen molar-refractivity contribution >= 4 is 0 Å². The minimum Gasteiger partial charge on any atom is -0.0622 e. The van der Waals surface area contributed by atoms with Gasteiger partial charge in [0, 0.05) is 0 Å². The van der Waals surface area contributed by atoms with E-state index >= 15 is 0 Å². The van der Waals surface area contributed by atoms with E-state index in [0.717, 1.165) is 19.3 Å². The molecule has 0 saturated heterocycles. The summed E-state index contributed by atoms with van der Waals surface area (Å²) < 4.78 is 0. The van der Waals surface area contributed by atoms with Gasteiger partial charge in [-0.2, -0.15) is 0 Å². The topological polar surface area (TPSA) is 0 Å². The largest absolute Gasteiger partial charge is 0.0622 e. The lowest BCUT2D eigenvalue weighted by Crippen LogP contribution is -2.00. The lowest BCUT2D eigenvalue weighted by molar-refractivity contribution is 1.08. The Balaban J connectivity index is 1.60. The molecule has 0 atom stereocenters. The van der Waals surface area contributed by atoms with E-state index in [9.17, 15) is 0 Å². The van der Waals surface area contributed by atoms with Gasteiger partial charge in [-0.3, -0.25) is 0 Å². The molecule has 0 heterocycles. The minimum atomic E-state index is 0.937. The van der Waals surface area contributed by atoms with E-state index in [1.165, 1.54) is 44.5 Å². The molecule has 0 aliphatic heterocycles. The fourth-order valence-electron chi connectivity index (χ4n) is 4.12. The third kappa shape index (κ3) is 3.19. The van der Waals surface area contributed by atoms with Gasteiger partial charge in [0.15, 0.2) is 0 Å². The van der Waals surface area contributed by atoms with E-state index in [4.69, 9.17) is 0 Å². The number of hydrogen-bond donors (Lipinski definition) is 0. The molecule has 0 heteroatoms. The van der Waals surface area contributed by atoms with Gasteiger partial charge in [0.2, 0.25) is 0 Å². The summed E-state index contributed by atoms with van der Waals surface area (Å²) in [5.41, 5.74) is 10.9. The maximum Gasteiger partial charge on any atom is -0.000717 e. The zero-order chi connectivity index (χ0) is 18.1. The van der Waals surface area contributed by atoms with Crippen LogP contribution in [0, 0.1) is 6.07 Å². The highest BCUT2D eigenvalue weighted by Gasteiger charge is 2.20. The summed E-state index contributed by atoms with van der Waals surface area (Å²) in [6, 6.07) is 36.5. The fourth-order valence-corrected chi connectivity index (χ4v) is 4.12. The molecule has 27 heavy (non-hydrogen) atoms. The van der Waals surface area contributed by atoms with Crippen molar-refractivity contribution in [3.05, 3.63) is 130 Å². The van der Waals surface area contributed by atoms with Crippen LogP contribution in [-0.2, 0) is 19.3 Å². The van der Waals surface area contributed by atoms with Crippen LogP contribution in [0.5, 0.6) is 0 Å². The van der Waals surface area contributed by atoms with Crippen molar-refractivity contribution in [3.8, 4) is 11.1 Å². The summed E-state index contributed by atoms with van der Waals surface area (Å²) in [5.74, 6) is 0. The van der Waals surface area contributed by atoms with E-state index in [2.05, 4.69) is 97.1 Å². The Morgan fingerprint density at radius 1 is 0.630 bits per heavy atom. The zero-order valence-electron chi connectivity index (χ0n) is 15.3. The SMILES string of the molecule is [c]1c(Cc2ccccc2)c(Cc2ccccc2)cc2c1Cc1ccccc1-2. The maximum absolute atomic E-state index is 3.81. The second kappa shape index (κ2) is 6.89. The van der Waals surface area contributed by atoms with Crippen LogP contribution >= 0.6 is 0 Å². The molecule has 1 aliphatic carbocycles.